The van der Waals surface area contributed by atoms with E-state index in [9.17, 15) is 10.1 Å². The second-order valence-electron chi connectivity index (χ2n) is 2.93. The Hall–Kier alpha value is -1.62. The van der Waals surface area contributed by atoms with Crippen molar-refractivity contribution >= 4 is 17.0 Å². The topological polar surface area (TPSA) is 48.1 Å². The van der Waals surface area contributed by atoms with Gasteiger partial charge in [-0.05, 0) is 22.4 Å². The molecule has 0 saturated carbocycles. The molecule has 0 aliphatic rings. The Bertz CT molecular complexity index is 433. The van der Waals surface area contributed by atoms with Gasteiger partial charge in [0.05, 0.1) is 11.1 Å². The van der Waals surface area contributed by atoms with Crippen LogP contribution in [0.25, 0.3) is 0 Å². The molecule has 0 aliphatic carbocycles. The molecule has 0 saturated heterocycles. The first-order chi connectivity index (χ1) is 6.75. The van der Waals surface area contributed by atoms with Crippen LogP contribution < -0.4 is 0 Å². The summed E-state index contributed by atoms with van der Waals surface area (Å²) in [4.78, 5) is 10.0. The van der Waals surface area contributed by atoms with Gasteiger partial charge in [-0.3, -0.25) is 10.1 Å². The van der Waals surface area contributed by atoms with Crippen LogP contribution in [0.15, 0.2) is 35.3 Å². The summed E-state index contributed by atoms with van der Waals surface area (Å²) in [7, 11) is 0. The van der Waals surface area contributed by atoms with Crippen LogP contribution in [0.4, 0.5) is 5.69 Å². The van der Waals surface area contributed by atoms with Gasteiger partial charge in [0.15, 0.2) is 0 Å². The molecule has 0 amide bonds. The smallest absolute Gasteiger partial charge is 0.286 e. The molecule has 0 atom stereocenters. The summed E-state index contributed by atoms with van der Waals surface area (Å²) >= 11 is 1.62. The second-order valence-corrected chi connectivity index (χ2v) is 3.71. The second kappa shape index (κ2) is 3.63. The molecule has 0 radical (unpaired) electrons. The van der Waals surface area contributed by atoms with Crippen molar-refractivity contribution in [3.63, 3.8) is 0 Å². The predicted octanol–water partition coefficient (Wildman–Crippen LogP) is 2.51. The third-order valence-corrected chi connectivity index (χ3v) is 2.62. The van der Waals surface area contributed by atoms with E-state index in [4.69, 9.17) is 0 Å². The molecule has 72 valence electrons. The van der Waals surface area contributed by atoms with Gasteiger partial charge in [0.25, 0.3) is 5.69 Å². The van der Waals surface area contributed by atoms with Crippen LogP contribution in [-0.2, 0) is 6.54 Å². The molecule has 0 unspecified atom stereocenters. The standard InChI is InChI=1S/C9H8N2O2S/c12-11(13)9-1-3-10(6-9)5-8-2-4-14-7-8/h1-4,6-7H,5H2. The highest BCUT2D eigenvalue weighted by Gasteiger charge is 2.06. The first-order valence-electron chi connectivity index (χ1n) is 4.07. The Kier molecular flexibility index (Phi) is 2.32. The summed E-state index contributed by atoms with van der Waals surface area (Å²) < 4.78 is 1.81. The fraction of sp³-hybridized carbons (Fsp3) is 0.111. The van der Waals surface area contributed by atoms with Crippen LogP contribution in [0.1, 0.15) is 5.56 Å². The molecule has 0 spiro atoms. The lowest BCUT2D eigenvalue weighted by Gasteiger charge is -1.97. The fourth-order valence-electron chi connectivity index (χ4n) is 1.23. The van der Waals surface area contributed by atoms with E-state index in [1.54, 1.807) is 22.1 Å². The number of nitrogens with zero attached hydrogens (tertiary/aromatic N) is 2. The van der Waals surface area contributed by atoms with Crippen molar-refractivity contribution in [1.82, 2.24) is 4.57 Å². The Morgan fingerprint density at radius 3 is 2.93 bits per heavy atom. The maximum Gasteiger partial charge on any atom is 0.286 e. The highest BCUT2D eigenvalue weighted by atomic mass is 32.1. The highest BCUT2D eigenvalue weighted by molar-refractivity contribution is 7.07. The molecule has 2 rings (SSSR count). The highest BCUT2D eigenvalue weighted by Crippen LogP contribution is 2.13. The number of hydrogen-bond acceptors (Lipinski definition) is 3. The molecule has 0 bridgehead atoms. The van der Waals surface area contributed by atoms with E-state index in [-0.39, 0.29) is 10.6 Å². The summed E-state index contributed by atoms with van der Waals surface area (Å²) in [6.07, 6.45) is 3.26. The van der Waals surface area contributed by atoms with Gasteiger partial charge in [0.2, 0.25) is 0 Å². The Balaban J connectivity index is 2.14. The van der Waals surface area contributed by atoms with Crippen molar-refractivity contribution in [2.75, 3.05) is 0 Å². The predicted molar refractivity (Wildman–Crippen MR) is 54.5 cm³/mol. The first kappa shape index (κ1) is 8.96. The van der Waals surface area contributed by atoms with Gasteiger partial charge >= 0.3 is 0 Å². The van der Waals surface area contributed by atoms with Crippen LogP contribution in [0.2, 0.25) is 0 Å². The van der Waals surface area contributed by atoms with Crippen LogP contribution >= 0.6 is 11.3 Å². The molecule has 0 fully saturated rings. The molecule has 0 aromatic carbocycles. The van der Waals surface area contributed by atoms with E-state index in [0.29, 0.717) is 6.54 Å². The molecular weight excluding hydrogens is 200 g/mol. The fourth-order valence-corrected chi connectivity index (χ4v) is 1.89. The Labute approximate surface area is 84.6 Å². The van der Waals surface area contributed by atoms with Gasteiger partial charge in [-0.25, -0.2) is 0 Å². The van der Waals surface area contributed by atoms with Gasteiger partial charge in [-0.2, -0.15) is 11.3 Å². The lowest BCUT2D eigenvalue weighted by atomic mass is 10.3. The molecule has 4 nitrogen and oxygen atoms in total. The molecule has 2 aromatic rings. The largest absolute Gasteiger partial charge is 0.344 e. The van der Waals surface area contributed by atoms with Crippen molar-refractivity contribution in [3.05, 3.63) is 51.0 Å². The average molecular weight is 208 g/mol. The van der Waals surface area contributed by atoms with Gasteiger partial charge in [-0.15, -0.1) is 0 Å². The number of nitro groups is 1. The number of thiophene rings is 1. The summed E-state index contributed by atoms with van der Waals surface area (Å²) in [5, 5.41) is 14.4. The lowest BCUT2D eigenvalue weighted by Crippen LogP contribution is -1.94. The molecule has 0 aliphatic heterocycles. The van der Waals surface area contributed by atoms with E-state index in [1.807, 2.05) is 16.8 Å². The normalized spacial score (nSPS) is 10.3. The Morgan fingerprint density at radius 2 is 2.36 bits per heavy atom. The SMILES string of the molecule is O=[N+]([O-])c1ccn(Cc2ccsc2)c1. The maximum atomic E-state index is 10.4. The zero-order valence-corrected chi connectivity index (χ0v) is 8.11. The molecule has 14 heavy (non-hydrogen) atoms. The van der Waals surface area contributed by atoms with E-state index < -0.39 is 0 Å². The molecule has 2 heterocycles. The summed E-state index contributed by atoms with van der Waals surface area (Å²) in [5.41, 5.74) is 1.31. The molecule has 5 heteroatoms. The van der Waals surface area contributed by atoms with Gasteiger partial charge in [-0.1, -0.05) is 0 Å². The average Bonchev–Trinajstić information content (AvgIpc) is 2.75. The van der Waals surface area contributed by atoms with Gasteiger partial charge < -0.3 is 4.57 Å². The minimum atomic E-state index is -0.385. The van der Waals surface area contributed by atoms with Crippen LogP contribution in [0, 0.1) is 10.1 Å². The van der Waals surface area contributed by atoms with Gasteiger partial charge in [0, 0.05) is 18.8 Å². The zero-order chi connectivity index (χ0) is 9.97. The van der Waals surface area contributed by atoms with E-state index in [1.165, 1.54) is 17.8 Å². The van der Waals surface area contributed by atoms with Crippen molar-refractivity contribution in [1.29, 1.82) is 0 Å². The van der Waals surface area contributed by atoms with Crippen LogP contribution in [-0.4, -0.2) is 9.49 Å². The Morgan fingerprint density at radius 1 is 1.50 bits per heavy atom. The summed E-state index contributed by atoms with van der Waals surface area (Å²) in [6.45, 7) is 0.692. The summed E-state index contributed by atoms with van der Waals surface area (Å²) in [6, 6.07) is 3.52. The number of hydrogen-bond donors (Lipinski definition) is 0. The van der Waals surface area contributed by atoms with Crippen molar-refractivity contribution < 1.29 is 4.92 Å². The van der Waals surface area contributed by atoms with E-state index in [0.717, 1.165) is 0 Å². The quantitative estimate of drug-likeness (QED) is 0.574. The minimum Gasteiger partial charge on any atom is -0.344 e. The van der Waals surface area contributed by atoms with E-state index >= 15 is 0 Å². The molecule has 2 aromatic heterocycles. The monoisotopic (exact) mass is 208 g/mol. The van der Waals surface area contributed by atoms with Crippen LogP contribution in [0.3, 0.4) is 0 Å². The molecular formula is C9H8N2O2S. The van der Waals surface area contributed by atoms with Crippen LogP contribution in [0.5, 0.6) is 0 Å². The van der Waals surface area contributed by atoms with E-state index in [2.05, 4.69) is 0 Å². The third-order valence-electron chi connectivity index (χ3n) is 1.89. The number of rotatable bonds is 3. The zero-order valence-electron chi connectivity index (χ0n) is 7.29. The maximum absolute atomic E-state index is 10.4. The third kappa shape index (κ3) is 1.82. The molecule has 0 N–H and O–H groups in total. The summed E-state index contributed by atoms with van der Waals surface area (Å²) in [5.74, 6) is 0. The number of aromatic nitrogens is 1. The lowest BCUT2D eigenvalue weighted by molar-refractivity contribution is -0.384. The minimum absolute atomic E-state index is 0.139. The van der Waals surface area contributed by atoms with Gasteiger partial charge in [0.1, 0.15) is 0 Å². The van der Waals surface area contributed by atoms with Crippen molar-refractivity contribution in [2.24, 2.45) is 0 Å². The first-order valence-corrected chi connectivity index (χ1v) is 5.01. The van der Waals surface area contributed by atoms with Crippen molar-refractivity contribution in [2.45, 2.75) is 6.54 Å². The van der Waals surface area contributed by atoms with Crippen molar-refractivity contribution in [3.8, 4) is 0 Å².